The van der Waals surface area contributed by atoms with Crippen molar-refractivity contribution in [2.45, 2.75) is 25.3 Å². The number of benzene rings is 1. The van der Waals surface area contributed by atoms with Crippen molar-refractivity contribution in [1.82, 2.24) is 10.2 Å². The van der Waals surface area contributed by atoms with Gasteiger partial charge in [0, 0.05) is 24.2 Å². The lowest BCUT2D eigenvalue weighted by atomic mass is 10.0. The van der Waals surface area contributed by atoms with E-state index >= 15 is 0 Å². The van der Waals surface area contributed by atoms with E-state index in [9.17, 15) is 9.59 Å². The molecule has 6 heteroatoms. The van der Waals surface area contributed by atoms with Gasteiger partial charge in [0.15, 0.2) is 0 Å². The van der Waals surface area contributed by atoms with Gasteiger partial charge in [-0.25, -0.2) is 4.79 Å². The van der Waals surface area contributed by atoms with Crippen molar-refractivity contribution in [1.29, 1.82) is 0 Å². The van der Waals surface area contributed by atoms with Gasteiger partial charge < -0.3 is 15.0 Å². The third-order valence-corrected chi connectivity index (χ3v) is 3.97. The summed E-state index contributed by atoms with van der Waals surface area (Å²) in [6.07, 6.45) is 1.44. The van der Waals surface area contributed by atoms with E-state index in [1.165, 1.54) is 7.11 Å². The van der Waals surface area contributed by atoms with Gasteiger partial charge in [-0.3, -0.25) is 4.79 Å². The first kappa shape index (κ1) is 15.6. The Bertz CT molecular complexity index is 513. The molecular formula is C15H19ClN2O3. The van der Waals surface area contributed by atoms with Crippen LogP contribution in [-0.4, -0.2) is 43.1 Å². The molecule has 0 unspecified atom stereocenters. The third-order valence-electron chi connectivity index (χ3n) is 3.60. The molecule has 1 aromatic carbocycles. The van der Waals surface area contributed by atoms with Crippen molar-refractivity contribution in [3.8, 4) is 0 Å². The Balaban J connectivity index is 1.80. The highest BCUT2D eigenvalue weighted by Gasteiger charge is 2.24. The highest BCUT2D eigenvalue weighted by Crippen LogP contribution is 2.16. The Morgan fingerprint density at radius 3 is 2.62 bits per heavy atom. The van der Waals surface area contributed by atoms with Crippen LogP contribution in [0.25, 0.3) is 0 Å². The molecule has 0 spiro atoms. The van der Waals surface area contributed by atoms with Gasteiger partial charge in [0.25, 0.3) is 0 Å². The molecule has 1 aliphatic rings. The van der Waals surface area contributed by atoms with Gasteiger partial charge in [-0.15, -0.1) is 0 Å². The van der Waals surface area contributed by atoms with Crippen LogP contribution < -0.4 is 5.32 Å². The Morgan fingerprint density at radius 2 is 2.00 bits per heavy atom. The van der Waals surface area contributed by atoms with E-state index in [0.717, 1.165) is 18.4 Å². The molecule has 114 valence electrons. The minimum absolute atomic E-state index is 0.0420. The second-order valence-corrected chi connectivity index (χ2v) is 5.47. The van der Waals surface area contributed by atoms with E-state index < -0.39 is 0 Å². The molecule has 0 radical (unpaired) electrons. The third kappa shape index (κ3) is 4.36. The molecule has 1 heterocycles. The van der Waals surface area contributed by atoms with Crippen molar-refractivity contribution in [3.05, 3.63) is 34.9 Å². The van der Waals surface area contributed by atoms with Crippen LogP contribution >= 0.6 is 11.6 Å². The quantitative estimate of drug-likeness (QED) is 0.931. The molecule has 0 atom stereocenters. The van der Waals surface area contributed by atoms with Crippen LogP contribution in [0.4, 0.5) is 4.79 Å². The molecule has 5 nitrogen and oxygen atoms in total. The molecular weight excluding hydrogens is 292 g/mol. The van der Waals surface area contributed by atoms with Crippen LogP contribution in [0.2, 0.25) is 5.02 Å². The van der Waals surface area contributed by atoms with Gasteiger partial charge in [-0.05, 0) is 24.5 Å². The van der Waals surface area contributed by atoms with E-state index in [1.807, 2.05) is 18.2 Å². The minimum atomic E-state index is -0.309. The van der Waals surface area contributed by atoms with E-state index in [-0.39, 0.29) is 24.5 Å². The average molecular weight is 311 g/mol. The van der Waals surface area contributed by atoms with Gasteiger partial charge in [0.1, 0.15) is 0 Å². The van der Waals surface area contributed by atoms with Crippen LogP contribution in [0.15, 0.2) is 24.3 Å². The van der Waals surface area contributed by atoms with Crippen molar-refractivity contribution < 1.29 is 14.3 Å². The number of rotatable bonds is 3. The number of hydrogen-bond donors (Lipinski definition) is 1. The van der Waals surface area contributed by atoms with Crippen LogP contribution in [0.3, 0.4) is 0 Å². The summed E-state index contributed by atoms with van der Waals surface area (Å²) in [5.41, 5.74) is 0.823. The molecule has 0 aromatic heterocycles. The molecule has 0 saturated carbocycles. The minimum Gasteiger partial charge on any atom is -0.453 e. The summed E-state index contributed by atoms with van der Waals surface area (Å²) in [5.74, 6) is -0.0420. The Labute approximate surface area is 129 Å². The summed E-state index contributed by atoms with van der Waals surface area (Å²) in [6.45, 7) is 1.20. The molecule has 1 saturated heterocycles. The predicted molar refractivity (Wildman–Crippen MR) is 80.3 cm³/mol. The standard InChI is InChI=1S/C15H19ClN2O3/c1-21-15(20)18-8-6-12(7-9-18)17-14(19)10-11-4-2-3-5-13(11)16/h2-5,12H,6-10H2,1H3,(H,17,19). The lowest BCUT2D eigenvalue weighted by molar-refractivity contribution is -0.121. The predicted octanol–water partition coefficient (Wildman–Crippen LogP) is 2.23. The topological polar surface area (TPSA) is 58.6 Å². The number of nitrogens with one attached hydrogen (secondary N) is 1. The number of carbonyl (C=O) groups is 2. The SMILES string of the molecule is COC(=O)N1CCC(NC(=O)Cc2ccccc2Cl)CC1. The number of piperidine rings is 1. The molecule has 1 fully saturated rings. The molecule has 1 aromatic rings. The number of halogens is 1. The first-order valence-corrected chi connectivity index (χ1v) is 7.33. The monoisotopic (exact) mass is 310 g/mol. The molecule has 2 amide bonds. The normalized spacial score (nSPS) is 15.6. The number of hydrogen-bond acceptors (Lipinski definition) is 3. The summed E-state index contributed by atoms with van der Waals surface area (Å²) in [7, 11) is 1.37. The summed E-state index contributed by atoms with van der Waals surface area (Å²) in [4.78, 5) is 25.1. The van der Waals surface area contributed by atoms with Gasteiger partial charge in [0.05, 0.1) is 13.5 Å². The molecule has 0 aliphatic carbocycles. The van der Waals surface area contributed by atoms with E-state index in [1.54, 1.807) is 11.0 Å². The summed E-state index contributed by atoms with van der Waals surface area (Å²) >= 11 is 6.04. The van der Waals surface area contributed by atoms with E-state index in [4.69, 9.17) is 11.6 Å². The van der Waals surface area contributed by atoms with Gasteiger partial charge in [-0.2, -0.15) is 0 Å². The van der Waals surface area contributed by atoms with Crippen LogP contribution in [-0.2, 0) is 16.0 Å². The van der Waals surface area contributed by atoms with Crippen LogP contribution in [0, 0.1) is 0 Å². The van der Waals surface area contributed by atoms with Gasteiger partial charge in [0.2, 0.25) is 5.91 Å². The first-order chi connectivity index (χ1) is 10.1. The van der Waals surface area contributed by atoms with Crippen molar-refractivity contribution in [3.63, 3.8) is 0 Å². The first-order valence-electron chi connectivity index (χ1n) is 6.96. The zero-order chi connectivity index (χ0) is 15.2. The summed E-state index contributed by atoms with van der Waals surface area (Å²) < 4.78 is 4.68. The number of nitrogens with zero attached hydrogens (tertiary/aromatic N) is 1. The number of methoxy groups -OCH3 is 1. The highest BCUT2D eigenvalue weighted by atomic mass is 35.5. The number of ether oxygens (including phenoxy) is 1. The lowest BCUT2D eigenvalue weighted by Crippen LogP contribution is -2.46. The lowest BCUT2D eigenvalue weighted by Gasteiger charge is -2.31. The van der Waals surface area contributed by atoms with Gasteiger partial charge in [-0.1, -0.05) is 29.8 Å². The average Bonchev–Trinajstić information content (AvgIpc) is 2.49. The summed E-state index contributed by atoms with van der Waals surface area (Å²) in [6, 6.07) is 7.43. The zero-order valence-electron chi connectivity index (χ0n) is 12.0. The van der Waals surface area contributed by atoms with Crippen molar-refractivity contribution >= 4 is 23.6 Å². The van der Waals surface area contributed by atoms with E-state index in [0.29, 0.717) is 18.1 Å². The van der Waals surface area contributed by atoms with Crippen LogP contribution in [0.1, 0.15) is 18.4 Å². The smallest absolute Gasteiger partial charge is 0.409 e. The van der Waals surface area contributed by atoms with Crippen LogP contribution in [0.5, 0.6) is 0 Å². The number of amides is 2. The highest BCUT2D eigenvalue weighted by molar-refractivity contribution is 6.31. The fraction of sp³-hybridized carbons (Fsp3) is 0.467. The number of likely N-dealkylation sites (tertiary alicyclic amines) is 1. The van der Waals surface area contributed by atoms with Gasteiger partial charge >= 0.3 is 6.09 Å². The Morgan fingerprint density at radius 1 is 1.33 bits per heavy atom. The largest absolute Gasteiger partial charge is 0.453 e. The van der Waals surface area contributed by atoms with Crippen molar-refractivity contribution in [2.75, 3.05) is 20.2 Å². The summed E-state index contributed by atoms with van der Waals surface area (Å²) in [5, 5.41) is 3.60. The molecule has 0 bridgehead atoms. The molecule has 1 N–H and O–H groups in total. The zero-order valence-corrected chi connectivity index (χ0v) is 12.7. The maximum atomic E-state index is 12.0. The maximum absolute atomic E-state index is 12.0. The second-order valence-electron chi connectivity index (χ2n) is 5.07. The number of carbonyl (C=O) groups excluding carboxylic acids is 2. The Hall–Kier alpha value is -1.75. The fourth-order valence-corrected chi connectivity index (χ4v) is 2.63. The molecule has 21 heavy (non-hydrogen) atoms. The van der Waals surface area contributed by atoms with E-state index in [2.05, 4.69) is 10.1 Å². The maximum Gasteiger partial charge on any atom is 0.409 e. The molecule has 2 rings (SSSR count). The Kier molecular flexibility index (Phi) is 5.44. The fourth-order valence-electron chi connectivity index (χ4n) is 2.43. The molecule has 1 aliphatic heterocycles. The van der Waals surface area contributed by atoms with Crippen molar-refractivity contribution in [2.24, 2.45) is 0 Å². The second kappa shape index (κ2) is 7.31.